The lowest BCUT2D eigenvalue weighted by molar-refractivity contribution is -0.142. The summed E-state index contributed by atoms with van der Waals surface area (Å²) in [6, 6.07) is -0.754. The molecule has 1 N–H and O–H groups in total. The van der Waals surface area contributed by atoms with Gasteiger partial charge in [0.25, 0.3) is 5.56 Å². The van der Waals surface area contributed by atoms with Gasteiger partial charge in [0.05, 0.1) is 18.5 Å². The Labute approximate surface area is 178 Å². The number of carboxylic acid groups (broad SMARTS) is 1. The minimum atomic E-state index is -4.96. The van der Waals surface area contributed by atoms with Crippen molar-refractivity contribution in [1.82, 2.24) is 9.55 Å². The van der Waals surface area contributed by atoms with Gasteiger partial charge in [-0.2, -0.15) is 18.2 Å². The van der Waals surface area contributed by atoms with Crippen molar-refractivity contribution in [3.05, 3.63) is 40.1 Å². The molecule has 0 saturated carbocycles. The molecule has 8 nitrogen and oxygen atoms in total. The third-order valence-electron chi connectivity index (χ3n) is 4.28. The Balaban J connectivity index is 2.65. The topological polar surface area (TPSA) is 103 Å². The first-order valence-electron chi connectivity index (χ1n) is 8.67. The lowest BCUT2D eigenvalue weighted by Crippen LogP contribution is -2.46. The third kappa shape index (κ3) is 4.89. The summed E-state index contributed by atoms with van der Waals surface area (Å²) in [4.78, 5) is 30.6. The smallest absolute Gasteiger partial charge is 0.433 e. The van der Waals surface area contributed by atoms with Crippen LogP contribution in [0.25, 0.3) is 5.70 Å². The average Bonchev–Trinajstić information content (AvgIpc) is 2.64. The summed E-state index contributed by atoms with van der Waals surface area (Å²) in [5.74, 6) is -4.34. The number of oxime groups is 1. The van der Waals surface area contributed by atoms with Crippen molar-refractivity contribution in [3.8, 4) is 6.01 Å². The molecule has 170 valence electrons. The van der Waals surface area contributed by atoms with Crippen molar-refractivity contribution in [2.75, 3.05) is 7.11 Å². The zero-order chi connectivity index (χ0) is 23.7. The molecule has 0 spiro atoms. The number of hydrogen-bond donors (Lipinski definition) is 1. The van der Waals surface area contributed by atoms with Crippen molar-refractivity contribution >= 4 is 29.0 Å². The number of halogens is 5. The summed E-state index contributed by atoms with van der Waals surface area (Å²) in [6.07, 6.45) is -4.61. The normalized spacial score (nSPS) is 22.2. The van der Waals surface area contributed by atoms with Gasteiger partial charge in [-0.3, -0.25) is 9.59 Å². The molecule has 1 aromatic rings. The van der Waals surface area contributed by atoms with E-state index in [2.05, 4.69) is 10.1 Å². The van der Waals surface area contributed by atoms with Gasteiger partial charge >= 0.3 is 18.2 Å². The van der Waals surface area contributed by atoms with Crippen LogP contribution in [0.4, 0.5) is 17.6 Å². The second-order valence-electron chi connectivity index (χ2n) is 6.77. The minimum Gasteiger partial charge on any atom is -0.481 e. The predicted molar refractivity (Wildman–Crippen MR) is 103 cm³/mol. The molecule has 0 aromatic carbocycles. The van der Waals surface area contributed by atoms with Gasteiger partial charge in [-0.15, -0.1) is 11.6 Å². The molecule has 31 heavy (non-hydrogen) atoms. The Kier molecular flexibility index (Phi) is 6.84. The van der Waals surface area contributed by atoms with Crippen LogP contribution in [0.15, 0.2) is 34.0 Å². The van der Waals surface area contributed by atoms with E-state index in [0.29, 0.717) is 16.4 Å². The van der Waals surface area contributed by atoms with E-state index in [0.717, 1.165) is 13.2 Å². The lowest BCUT2D eigenvalue weighted by atomic mass is 9.82. The van der Waals surface area contributed by atoms with E-state index < -0.39 is 57.8 Å². The molecular formula is C18H18ClF4N3O5. The predicted octanol–water partition coefficient (Wildman–Crippen LogP) is 3.46. The largest absolute Gasteiger partial charge is 0.481 e. The average molecular weight is 468 g/mol. The maximum Gasteiger partial charge on any atom is 0.433 e. The molecule has 3 unspecified atom stereocenters. The third-order valence-corrected chi connectivity index (χ3v) is 4.93. The van der Waals surface area contributed by atoms with Crippen LogP contribution in [-0.4, -0.2) is 44.4 Å². The van der Waals surface area contributed by atoms with Gasteiger partial charge in [0.15, 0.2) is 5.69 Å². The van der Waals surface area contributed by atoms with Gasteiger partial charge in [-0.05, 0) is 32.9 Å². The number of methoxy groups -OCH3 is 1. The number of allylic oxidation sites excluding steroid dienone is 2. The number of rotatable bonds is 6. The highest BCUT2D eigenvalue weighted by molar-refractivity contribution is 6.28. The van der Waals surface area contributed by atoms with E-state index in [1.165, 1.54) is 6.92 Å². The van der Waals surface area contributed by atoms with Gasteiger partial charge in [0, 0.05) is 6.07 Å². The molecule has 3 atom stereocenters. The molecule has 1 heterocycles. The second-order valence-corrected chi connectivity index (χ2v) is 7.43. The number of alkyl halides is 4. The Morgan fingerprint density at radius 2 is 2.03 bits per heavy atom. The summed E-state index contributed by atoms with van der Waals surface area (Å²) in [6.45, 7) is 4.58. The highest BCUT2D eigenvalue weighted by Crippen LogP contribution is 2.42. The molecular weight excluding hydrogens is 450 g/mol. The van der Waals surface area contributed by atoms with Crippen LogP contribution in [0.3, 0.4) is 0 Å². The van der Waals surface area contributed by atoms with Crippen molar-refractivity contribution in [2.45, 2.75) is 37.9 Å². The molecule has 13 heteroatoms. The zero-order valence-corrected chi connectivity index (χ0v) is 17.5. The first-order valence-corrected chi connectivity index (χ1v) is 9.05. The summed E-state index contributed by atoms with van der Waals surface area (Å²) >= 11 is 6.40. The van der Waals surface area contributed by atoms with Crippen molar-refractivity contribution in [1.29, 1.82) is 0 Å². The van der Waals surface area contributed by atoms with Gasteiger partial charge in [0.1, 0.15) is 22.7 Å². The number of carboxylic acids is 1. The van der Waals surface area contributed by atoms with Crippen LogP contribution in [0.2, 0.25) is 0 Å². The van der Waals surface area contributed by atoms with Gasteiger partial charge in [-0.25, -0.2) is 8.96 Å². The van der Waals surface area contributed by atoms with Crippen LogP contribution in [0.5, 0.6) is 6.01 Å². The molecule has 0 radical (unpaired) electrons. The number of carbonyl (C=O) groups is 1. The number of nitrogens with zero attached hydrogens (tertiary/aromatic N) is 3. The maximum absolute atomic E-state index is 15.0. The Morgan fingerprint density at radius 3 is 2.52 bits per heavy atom. The Bertz CT molecular complexity index is 1030. The number of aliphatic carboxylic acids is 1. The van der Waals surface area contributed by atoms with Crippen LogP contribution in [0.1, 0.15) is 26.5 Å². The SMILES string of the molecule is COc1nc(C(F)(F)F)cc(=O)n1C1=CC(C(=O)O)C(Cl)(C(C)ON=C(C)C)C=C1F. The van der Waals surface area contributed by atoms with E-state index in [1.54, 1.807) is 13.8 Å². The van der Waals surface area contributed by atoms with E-state index >= 15 is 4.39 Å². The van der Waals surface area contributed by atoms with Crippen LogP contribution in [0, 0.1) is 5.92 Å². The van der Waals surface area contributed by atoms with Gasteiger partial charge in [-0.1, -0.05) is 5.16 Å². The van der Waals surface area contributed by atoms with E-state index in [4.69, 9.17) is 21.2 Å². The minimum absolute atomic E-state index is 0.138. The summed E-state index contributed by atoms with van der Waals surface area (Å²) in [7, 11) is 0.922. The molecule has 0 amide bonds. The fourth-order valence-electron chi connectivity index (χ4n) is 2.77. The molecule has 1 aliphatic rings. The molecule has 2 rings (SSSR count). The van der Waals surface area contributed by atoms with Gasteiger partial charge in [0.2, 0.25) is 0 Å². The van der Waals surface area contributed by atoms with Crippen LogP contribution in [-0.2, 0) is 15.8 Å². The van der Waals surface area contributed by atoms with Gasteiger partial charge < -0.3 is 14.7 Å². The zero-order valence-electron chi connectivity index (χ0n) is 16.7. The molecule has 0 fully saturated rings. The Hall–Kier alpha value is -2.89. The van der Waals surface area contributed by atoms with Crippen LogP contribution >= 0.6 is 11.6 Å². The standard InChI is InChI=1S/C18H18ClF4N3O5/c1-8(2)25-31-9(3)17(19)7-11(20)12(5-10(17)15(28)29)26-14(27)6-13(18(21,22)23)24-16(26)30-4/h5-7,9-10H,1-4H3,(H,28,29). The summed E-state index contributed by atoms with van der Waals surface area (Å²) in [5, 5.41) is 13.3. The van der Waals surface area contributed by atoms with E-state index in [9.17, 15) is 27.9 Å². The molecule has 1 aliphatic carbocycles. The van der Waals surface area contributed by atoms with Crippen LogP contribution < -0.4 is 10.3 Å². The molecule has 0 aliphatic heterocycles. The molecule has 0 bridgehead atoms. The number of ether oxygens (including phenoxy) is 1. The van der Waals surface area contributed by atoms with E-state index in [-0.39, 0.29) is 6.07 Å². The fourth-order valence-corrected chi connectivity index (χ4v) is 3.06. The quantitative estimate of drug-likeness (QED) is 0.297. The van der Waals surface area contributed by atoms with Crippen molar-refractivity contribution in [2.24, 2.45) is 11.1 Å². The van der Waals surface area contributed by atoms with Crippen molar-refractivity contribution in [3.63, 3.8) is 0 Å². The first kappa shape index (κ1) is 24.4. The maximum atomic E-state index is 15.0. The molecule has 0 saturated heterocycles. The van der Waals surface area contributed by atoms with E-state index in [1.807, 2.05) is 0 Å². The number of hydrogen-bond acceptors (Lipinski definition) is 6. The summed E-state index contributed by atoms with van der Waals surface area (Å²) < 4.78 is 58.9. The lowest BCUT2D eigenvalue weighted by Gasteiger charge is -2.35. The number of aromatic nitrogens is 2. The summed E-state index contributed by atoms with van der Waals surface area (Å²) in [5.41, 5.74) is -3.09. The van der Waals surface area contributed by atoms with Crippen molar-refractivity contribution < 1.29 is 37.0 Å². The second kappa shape index (κ2) is 8.69. The molecule has 1 aromatic heterocycles. The Morgan fingerprint density at radius 1 is 1.42 bits per heavy atom. The highest BCUT2D eigenvalue weighted by Gasteiger charge is 2.49. The highest BCUT2D eigenvalue weighted by atomic mass is 35.5. The first-order chi connectivity index (χ1) is 14.2. The monoisotopic (exact) mass is 467 g/mol. The fraction of sp³-hybridized carbons (Fsp3) is 0.444.